The summed E-state index contributed by atoms with van der Waals surface area (Å²) in [5.74, 6) is -0.0849. The SMILES string of the molecule is CC1CN(C(=O)c2ccc(CNC(=O)C(c3ccccc3)N3CCS(=O)(=O)CC3)cc2)CC(C)O1. The molecule has 188 valence electrons. The molecule has 3 atom stereocenters. The second kappa shape index (κ2) is 10.9. The monoisotopic (exact) mass is 499 g/mol. The zero-order valence-corrected chi connectivity index (χ0v) is 21.0. The van der Waals surface area contributed by atoms with Crippen LogP contribution in [0.5, 0.6) is 0 Å². The quantitative estimate of drug-likeness (QED) is 0.654. The van der Waals surface area contributed by atoms with Crippen LogP contribution in [0.3, 0.4) is 0 Å². The molecule has 2 aromatic carbocycles. The first-order chi connectivity index (χ1) is 16.7. The molecule has 2 heterocycles. The number of carbonyl (C=O) groups excluding carboxylic acids is 2. The van der Waals surface area contributed by atoms with E-state index in [9.17, 15) is 18.0 Å². The van der Waals surface area contributed by atoms with Gasteiger partial charge in [0.15, 0.2) is 9.84 Å². The average Bonchev–Trinajstić information content (AvgIpc) is 2.84. The van der Waals surface area contributed by atoms with Crippen molar-refractivity contribution in [2.45, 2.75) is 38.6 Å². The molecular weight excluding hydrogens is 466 g/mol. The van der Waals surface area contributed by atoms with Crippen molar-refractivity contribution in [2.75, 3.05) is 37.7 Å². The summed E-state index contributed by atoms with van der Waals surface area (Å²) in [6, 6.07) is 16.2. The highest BCUT2D eigenvalue weighted by Gasteiger charge is 2.32. The topological polar surface area (TPSA) is 96.0 Å². The van der Waals surface area contributed by atoms with Crippen molar-refractivity contribution in [3.63, 3.8) is 0 Å². The average molecular weight is 500 g/mol. The van der Waals surface area contributed by atoms with E-state index in [1.54, 1.807) is 12.1 Å². The minimum Gasteiger partial charge on any atom is -0.372 e. The summed E-state index contributed by atoms with van der Waals surface area (Å²) in [5.41, 5.74) is 2.32. The van der Waals surface area contributed by atoms with Crippen molar-refractivity contribution in [3.8, 4) is 0 Å². The number of sulfone groups is 1. The van der Waals surface area contributed by atoms with Gasteiger partial charge in [-0.3, -0.25) is 14.5 Å². The number of nitrogens with one attached hydrogen (secondary N) is 1. The van der Waals surface area contributed by atoms with Gasteiger partial charge in [-0.2, -0.15) is 0 Å². The van der Waals surface area contributed by atoms with E-state index in [1.165, 1.54) is 0 Å². The molecule has 2 saturated heterocycles. The van der Waals surface area contributed by atoms with E-state index in [-0.39, 0.29) is 35.5 Å². The molecule has 2 aliphatic rings. The smallest absolute Gasteiger partial charge is 0.254 e. The van der Waals surface area contributed by atoms with Gasteiger partial charge in [-0.1, -0.05) is 42.5 Å². The Bertz CT molecular complexity index is 1110. The third-order valence-electron chi connectivity index (χ3n) is 6.48. The molecule has 2 amide bonds. The van der Waals surface area contributed by atoms with E-state index in [1.807, 2.05) is 66.1 Å². The highest BCUT2D eigenvalue weighted by molar-refractivity contribution is 7.91. The molecule has 0 spiro atoms. The Hall–Kier alpha value is -2.75. The van der Waals surface area contributed by atoms with Gasteiger partial charge in [-0.15, -0.1) is 0 Å². The van der Waals surface area contributed by atoms with Crippen molar-refractivity contribution >= 4 is 21.7 Å². The minimum atomic E-state index is -3.05. The lowest BCUT2D eigenvalue weighted by atomic mass is 10.0. The highest BCUT2D eigenvalue weighted by Crippen LogP contribution is 2.23. The normalized spacial score (nSPS) is 23.4. The predicted molar refractivity (Wildman–Crippen MR) is 134 cm³/mol. The van der Waals surface area contributed by atoms with Crippen LogP contribution < -0.4 is 5.32 Å². The van der Waals surface area contributed by atoms with E-state index in [0.29, 0.717) is 38.3 Å². The van der Waals surface area contributed by atoms with Crippen molar-refractivity contribution in [2.24, 2.45) is 0 Å². The molecule has 0 aromatic heterocycles. The summed E-state index contributed by atoms with van der Waals surface area (Å²) in [7, 11) is -3.05. The standard InChI is InChI=1S/C26H33N3O5S/c1-19-17-29(18-20(2)34-19)26(31)23-10-8-21(9-11-23)16-27-25(30)24(22-6-4-3-5-7-22)28-12-14-35(32,33)15-13-28/h3-11,19-20,24H,12-18H2,1-2H3,(H,27,30). The molecule has 3 unspecified atom stereocenters. The number of amides is 2. The maximum absolute atomic E-state index is 13.2. The molecule has 9 heteroatoms. The van der Waals surface area contributed by atoms with Crippen LogP contribution in [0.25, 0.3) is 0 Å². The first-order valence-electron chi connectivity index (χ1n) is 12.0. The molecule has 8 nitrogen and oxygen atoms in total. The van der Waals surface area contributed by atoms with Crippen LogP contribution in [0, 0.1) is 0 Å². The molecule has 0 bridgehead atoms. The van der Waals surface area contributed by atoms with Gasteiger partial charge in [0.2, 0.25) is 5.91 Å². The Morgan fingerprint density at radius 3 is 2.17 bits per heavy atom. The third-order valence-corrected chi connectivity index (χ3v) is 8.09. The molecule has 35 heavy (non-hydrogen) atoms. The number of morpholine rings is 1. The van der Waals surface area contributed by atoms with E-state index >= 15 is 0 Å². The van der Waals surface area contributed by atoms with Gasteiger partial charge in [0, 0.05) is 38.3 Å². The summed E-state index contributed by atoms with van der Waals surface area (Å²) in [4.78, 5) is 29.9. The van der Waals surface area contributed by atoms with Crippen molar-refractivity contribution in [1.82, 2.24) is 15.1 Å². The first-order valence-corrected chi connectivity index (χ1v) is 13.8. The second-order valence-electron chi connectivity index (χ2n) is 9.38. The number of benzene rings is 2. The van der Waals surface area contributed by atoms with Crippen molar-refractivity contribution in [1.29, 1.82) is 0 Å². The van der Waals surface area contributed by atoms with Crippen LogP contribution in [0.2, 0.25) is 0 Å². The van der Waals surface area contributed by atoms with E-state index in [0.717, 1.165) is 11.1 Å². The van der Waals surface area contributed by atoms with Crippen LogP contribution in [-0.2, 0) is 25.9 Å². The Morgan fingerprint density at radius 2 is 1.57 bits per heavy atom. The Balaban J connectivity index is 1.40. The molecule has 0 radical (unpaired) electrons. The Labute approximate surface area is 207 Å². The fourth-order valence-corrected chi connectivity index (χ4v) is 5.95. The van der Waals surface area contributed by atoms with Gasteiger partial charge in [0.1, 0.15) is 6.04 Å². The second-order valence-corrected chi connectivity index (χ2v) is 11.7. The third kappa shape index (κ3) is 6.48. The number of hydrogen-bond acceptors (Lipinski definition) is 6. The maximum Gasteiger partial charge on any atom is 0.254 e. The zero-order valence-electron chi connectivity index (χ0n) is 20.2. The summed E-state index contributed by atoms with van der Waals surface area (Å²) >= 11 is 0. The fraction of sp³-hybridized carbons (Fsp3) is 0.462. The summed E-state index contributed by atoms with van der Waals surface area (Å²) in [5, 5.41) is 3.00. The number of rotatable bonds is 6. The van der Waals surface area contributed by atoms with Crippen molar-refractivity contribution < 1.29 is 22.7 Å². The van der Waals surface area contributed by atoms with Crippen LogP contribution >= 0.6 is 0 Å². The summed E-state index contributed by atoms with van der Waals surface area (Å²) < 4.78 is 29.5. The fourth-order valence-electron chi connectivity index (χ4n) is 4.73. The Kier molecular flexibility index (Phi) is 7.88. The number of hydrogen-bond donors (Lipinski definition) is 1. The lowest BCUT2D eigenvalue weighted by molar-refractivity contribution is -0.126. The van der Waals surface area contributed by atoms with Crippen LogP contribution in [0.1, 0.15) is 41.4 Å². The van der Waals surface area contributed by atoms with Gasteiger partial charge in [0.05, 0.1) is 23.7 Å². The molecule has 0 saturated carbocycles. The van der Waals surface area contributed by atoms with Gasteiger partial charge < -0.3 is 15.0 Å². The zero-order chi connectivity index (χ0) is 25.0. The van der Waals surface area contributed by atoms with Crippen molar-refractivity contribution in [3.05, 3.63) is 71.3 Å². The van der Waals surface area contributed by atoms with E-state index < -0.39 is 15.9 Å². The van der Waals surface area contributed by atoms with E-state index in [4.69, 9.17) is 4.74 Å². The lowest BCUT2D eigenvalue weighted by Gasteiger charge is -2.35. The molecule has 2 aliphatic heterocycles. The molecule has 0 aliphatic carbocycles. The molecular formula is C26H33N3O5S. The van der Waals surface area contributed by atoms with Gasteiger partial charge in [-0.25, -0.2) is 8.42 Å². The first kappa shape index (κ1) is 25.3. The number of ether oxygens (including phenoxy) is 1. The van der Waals surface area contributed by atoms with E-state index in [2.05, 4.69) is 5.32 Å². The summed E-state index contributed by atoms with van der Waals surface area (Å²) in [6.45, 7) is 6.03. The molecule has 1 N–H and O–H groups in total. The van der Waals surface area contributed by atoms with Gasteiger partial charge in [0.25, 0.3) is 5.91 Å². The van der Waals surface area contributed by atoms with Crippen LogP contribution in [0.15, 0.2) is 54.6 Å². The summed E-state index contributed by atoms with van der Waals surface area (Å²) in [6.07, 6.45) is 0.0181. The number of nitrogens with zero attached hydrogens (tertiary/aromatic N) is 2. The molecule has 2 fully saturated rings. The highest BCUT2D eigenvalue weighted by atomic mass is 32.2. The van der Waals surface area contributed by atoms with Crippen LogP contribution in [-0.4, -0.2) is 79.9 Å². The lowest BCUT2D eigenvalue weighted by Crippen LogP contribution is -2.48. The van der Waals surface area contributed by atoms with Gasteiger partial charge >= 0.3 is 0 Å². The molecule has 2 aromatic rings. The largest absolute Gasteiger partial charge is 0.372 e. The van der Waals surface area contributed by atoms with Gasteiger partial charge in [-0.05, 0) is 37.1 Å². The van der Waals surface area contributed by atoms with Crippen LogP contribution in [0.4, 0.5) is 0 Å². The predicted octanol–water partition coefficient (Wildman–Crippen LogP) is 2.02. The minimum absolute atomic E-state index is 0.00904. The Morgan fingerprint density at radius 1 is 0.971 bits per heavy atom. The molecule has 4 rings (SSSR count). The maximum atomic E-state index is 13.2. The number of carbonyl (C=O) groups is 2.